The summed E-state index contributed by atoms with van der Waals surface area (Å²) in [6.07, 6.45) is 0. The van der Waals surface area contributed by atoms with Gasteiger partial charge in [0.2, 0.25) is 5.91 Å². The Kier molecular flexibility index (Phi) is 6.40. The molecule has 27 heavy (non-hydrogen) atoms. The molecule has 2 aromatic carbocycles. The van der Waals surface area contributed by atoms with Gasteiger partial charge in [-0.3, -0.25) is 20.2 Å². The molecule has 2 rings (SSSR count). The maximum atomic E-state index is 13.8. The molecule has 0 radical (unpaired) electrons. The summed E-state index contributed by atoms with van der Waals surface area (Å²) in [5, 5.41) is 16.3. The van der Waals surface area contributed by atoms with E-state index in [1.54, 1.807) is 13.8 Å². The third-order valence-corrected chi connectivity index (χ3v) is 3.98. The Hall–Kier alpha value is -3.07. The van der Waals surface area contributed by atoms with Crippen LogP contribution in [-0.2, 0) is 4.79 Å². The summed E-state index contributed by atoms with van der Waals surface area (Å²) in [7, 11) is 1.33. The second-order valence-electron chi connectivity index (χ2n) is 5.91. The second-order valence-corrected chi connectivity index (χ2v) is 5.91. The number of rotatable bonds is 7. The van der Waals surface area contributed by atoms with Gasteiger partial charge in [0.25, 0.3) is 5.69 Å². The Morgan fingerprint density at radius 3 is 2.48 bits per heavy atom. The van der Waals surface area contributed by atoms with E-state index >= 15 is 0 Å². The van der Waals surface area contributed by atoms with Gasteiger partial charge >= 0.3 is 0 Å². The third-order valence-electron chi connectivity index (χ3n) is 3.98. The fraction of sp³-hybridized carbons (Fsp3) is 0.278. The molecular weight excluding hydrogens is 360 g/mol. The number of carbonyl (C=O) groups excluding carboxylic acids is 1. The zero-order valence-corrected chi connectivity index (χ0v) is 15.0. The van der Waals surface area contributed by atoms with E-state index in [1.807, 2.05) is 0 Å². The molecule has 2 N–H and O–H groups in total. The summed E-state index contributed by atoms with van der Waals surface area (Å²) in [4.78, 5) is 22.6. The lowest BCUT2D eigenvalue weighted by Crippen LogP contribution is -2.39. The van der Waals surface area contributed by atoms with E-state index in [0.29, 0.717) is 0 Å². The number of benzene rings is 2. The minimum absolute atomic E-state index is 0.141. The summed E-state index contributed by atoms with van der Waals surface area (Å²) >= 11 is 0. The Morgan fingerprint density at radius 1 is 1.19 bits per heavy atom. The van der Waals surface area contributed by atoms with Crippen molar-refractivity contribution in [3.05, 3.63) is 63.7 Å². The van der Waals surface area contributed by atoms with Crippen molar-refractivity contribution in [3.8, 4) is 5.75 Å². The van der Waals surface area contributed by atoms with Crippen LogP contribution in [0.4, 0.5) is 20.2 Å². The predicted molar refractivity (Wildman–Crippen MR) is 95.6 cm³/mol. The number of ether oxygens (including phenoxy) is 1. The molecule has 0 aliphatic rings. The van der Waals surface area contributed by atoms with E-state index in [-0.39, 0.29) is 22.7 Å². The first-order chi connectivity index (χ1) is 12.7. The van der Waals surface area contributed by atoms with Crippen LogP contribution in [0.3, 0.4) is 0 Å². The number of nitro benzene ring substituents is 1. The van der Waals surface area contributed by atoms with Gasteiger partial charge in [0.1, 0.15) is 17.4 Å². The SMILES string of the molecule is COc1cc([N+](=O)[O-])ccc1NC(=O)[C@@H](C)N[C@H](C)c1ccc(F)cc1F. The van der Waals surface area contributed by atoms with Gasteiger partial charge in [0.15, 0.2) is 0 Å². The first-order valence-electron chi connectivity index (χ1n) is 8.07. The molecule has 0 unspecified atom stereocenters. The number of hydrogen-bond donors (Lipinski definition) is 2. The fourth-order valence-corrected chi connectivity index (χ4v) is 2.53. The smallest absolute Gasteiger partial charge is 0.273 e. The van der Waals surface area contributed by atoms with Crippen LogP contribution in [0.25, 0.3) is 0 Å². The highest BCUT2D eigenvalue weighted by Crippen LogP contribution is 2.29. The lowest BCUT2D eigenvalue weighted by molar-refractivity contribution is -0.384. The number of non-ortho nitro benzene ring substituents is 1. The van der Waals surface area contributed by atoms with E-state index < -0.39 is 34.5 Å². The van der Waals surface area contributed by atoms with Crippen LogP contribution in [0.5, 0.6) is 5.75 Å². The highest BCUT2D eigenvalue weighted by Gasteiger charge is 2.20. The number of nitrogens with one attached hydrogen (secondary N) is 2. The molecule has 0 bridgehead atoms. The summed E-state index contributed by atoms with van der Waals surface area (Å²) < 4.78 is 31.9. The number of hydrogen-bond acceptors (Lipinski definition) is 5. The first kappa shape index (κ1) is 20.2. The minimum atomic E-state index is -0.732. The zero-order valence-electron chi connectivity index (χ0n) is 15.0. The van der Waals surface area contributed by atoms with Gasteiger partial charge in [-0.05, 0) is 26.0 Å². The quantitative estimate of drug-likeness (QED) is 0.567. The normalized spacial score (nSPS) is 12.9. The molecule has 7 nitrogen and oxygen atoms in total. The second kappa shape index (κ2) is 8.54. The van der Waals surface area contributed by atoms with Gasteiger partial charge < -0.3 is 10.1 Å². The molecule has 0 saturated heterocycles. The fourth-order valence-electron chi connectivity index (χ4n) is 2.53. The number of anilines is 1. The molecule has 0 spiro atoms. The molecule has 2 aromatic rings. The number of amides is 1. The maximum absolute atomic E-state index is 13.8. The summed E-state index contributed by atoms with van der Waals surface area (Å²) in [6.45, 7) is 3.22. The van der Waals surface area contributed by atoms with Crippen molar-refractivity contribution in [2.75, 3.05) is 12.4 Å². The molecule has 0 fully saturated rings. The number of carbonyl (C=O) groups is 1. The topological polar surface area (TPSA) is 93.5 Å². The van der Waals surface area contributed by atoms with Gasteiger partial charge in [-0.25, -0.2) is 8.78 Å². The van der Waals surface area contributed by atoms with Crippen molar-refractivity contribution in [2.24, 2.45) is 0 Å². The van der Waals surface area contributed by atoms with E-state index in [9.17, 15) is 23.7 Å². The van der Waals surface area contributed by atoms with E-state index in [0.717, 1.165) is 12.1 Å². The van der Waals surface area contributed by atoms with Crippen LogP contribution in [0.2, 0.25) is 0 Å². The van der Waals surface area contributed by atoms with Crippen molar-refractivity contribution in [1.29, 1.82) is 0 Å². The number of nitro groups is 1. The lowest BCUT2D eigenvalue weighted by Gasteiger charge is -2.21. The largest absolute Gasteiger partial charge is 0.494 e. The maximum Gasteiger partial charge on any atom is 0.273 e. The van der Waals surface area contributed by atoms with Gasteiger partial charge in [-0.15, -0.1) is 0 Å². The molecule has 0 aliphatic carbocycles. The lowest BCUT2D eigenvalue weighted by atomic mass is 10.1. The Bertz CT molecular complexity index is 860. The summed E-state index contributed by atoms with van der Waals surface area (Å²) in [5.74, 6) is -1.70. The number of nitrogens with zero attached hydrogens (tertiary/aromatic N) is 1. The standard InChI is InChI=1S/C18H19F2N3O4/c1-10(14-6-4-12(19)8-15(14)20)21-11(2)18(24)22-16-7-5-13(23(25)26)9-17(16)27-3/h4-11,21H,1-3H3,(H,22,24)/t10-,11-/m1/s1. The molecule has 1 amide bonds. The first-order valence-corrected chi connectivity index (χ1v) is 8.07. The highest BCUT2D eigenvalue weighted by atomic mass is 19.1. The summed E-state index contributed by atoms with van der Waals surface area (Å²) in [5.41, 5.74) is 0.322. The zero-order chi connectivity index (χ0) is 20.1. The Labute approximate surface area is 154 Å². The van der Waals surface area contributed by atoms with Gasteiger partial charge in [-0.1, -0.05) is 6.07 Å². The highest BCUT2D eigenvalue weighted by molar-refractivity contribution is 5.96. The van der Waals surface area contributed by atoms with Crippen LogP contribution in [0.1, 0.15) is 25.5 Å². The van der Waals surface area contributed by atoms with Crippen molar-refractivity contribution in [1.82, 2.24) is 5.32 Å². The molecule has 2 atom stereocenters. The van der Waals surface area contributed by atoms with Crippen molar-refractivity contribution >= 4 is 17.3 Å². The van der Waals surface area contributed by atoms with Gasteiger partial charge in [0.05, 0.1) is 29.8 Å². The molecule has 0 aliphatic heterocycles. The Balaban J connectivity index is 2.08. The van der Waals surface area contributed by atoms with E-state index in [4.69, 9.17) is 4.74 Å². The van der Waals surface area contributed by atoms with Crippen LogP contribution in [-0.4, -0.2) is 24.0 Å². The predicted octanol–water partition coefficient (Wildman–Crippen LogP) is 3.56. The summed E-state index contributed by atoms with van der Waals surface area (Å²) in [6, 6.07) is 5.76. The van der Waals surface area contributed by atoms with Crippen LogP contribution < -0.4 is 15.4 Å². The van der Waals surface area contributed by atoms with Crippen molar-refractivity contribution in [3.63, 3.8) is 0 Å². The minimum Gasteiger partial charge on any atom is -0.494 e. The van der Waals surface area contributed by atoms with Crippen LogP contribution >= 0.6 is 0 Å². The molecular formula is C18H19F2N3O4. The van der Waals surface area contributed by atoms with Crippen molar-refractivity contribution in [2.45, 2.75) is 25.9 Å². The van der Waals surface area contributed by atoms with E-state index in [2.05, 4.69) is 10.6 Å². The Morgan fingerprint density at radius 2 is 1.89 bits per heavy atom. The third kappa shape index (κ3) is 4.98. The van der Waals surface area contributed by atoms with Crippen molar-refractivity contribution < 1.29 is 23.2 Å². The number of methoxy groups -OCH3 is 1. The van der Waals surface area contributed by atoms with E-state index in [1.165, 1.54) is 31.4 Å². The molecule has 0 heterocycles. The molecule has 0 aromatic heterocycles. The van der Waals surface area contributed by atoms with Gasteiger partial charge in [0, 0.05) is 23.7 Å². The van der Waals surface area contributed by atoms with Crippen LogP contribution in [0, 0.1) is 21.7 Å². The molecule has 144 valence electrons. The van der Waals surface area contributed by atoms with Gasteiger partial charge in [-0.2, -0.15) is 0 Å². The molecule has 0 saturated carbocycles. The monoisotopic (exact) mass is 379 g/mol. The average Bonchev–Trinajstić information content (AvgIpc) is 2.61. The molecule has 9 heteroatoms. The van der Waals surface area contributed by atoms with Crippen LogP contribution in [0.15, 0.2) is 36.4 Å². The number of halogens is 2. The average molecular weight is 379 g/mol.